The van der Waals surface area contributed by atoms with Crippen LogP contribution in [0.25, 0.3) is 0 Å². The Balaban J connectivity index is 1.63. The summed E-state index contributed by atoms with van der Waals surface area (Å²) in [5.74, 6) is 0.722. The third kappa shape index (κ3) is 6.32. The molecule has 3 rings (SSSR count). The number of pyridine rings is 1. The van der Waals surface area contributed by atoms with E-state index in [1.165, 1.54) is 19.3 Å². The molecule has 1 aromatic heterocycles. The molecule has 6 heteroatoms. The van der Waals surface area contributed by atoms with Gasteiger partial charge in [0.1, 0.15) is 12.4 Å². The number of aromatic nitrogens is 1. The molecule has 1 aliphatic carbocycles. The number of hydrogen-bond acceptors (Lipinski definition) is 4. The third-order valence-corrected chi connectivity index (χ3v) is 5.56. The molecule has 0 radical (unpaired) electrons. The summed E-state index contributed by atoms with van der Waals surface area (Å²) in [5, 5.41) is 3.28. The molecule has 0 bridgehead atoms. The number of benzene rings is 1. The SMILES string of the molecule is C=CCN(C(=O)c1cc(Br)cc(OCCNc2ccncc2)c1)C1CCCCC1. The molecule has 154 valence electrons. The first-order valence-electron chi connectivity index (χ1n) is 10.2. The van der Waals surface area contributed by atoms with Gasteiger partial charge in [-0.3, -0.25) is 9.78 Å². The van der Waals surface area contributed by atoms with Crippen molar-refractivity contribution in [2.45, 2.75) is 38.1 Å². The number of carbonyl (C=O) groups excluding carboxylic acids is 1. The van der Waals surface area contributed by atoms with Gasteiger partial charge in [-0.1, -0.05) is 41.3 Å². The number of amides is 1. The van der Waals surface area contributed by atoms with Crippen LogP contribution in [0, 0.1) is 0 Å². The lowest BCUT2D eigenvalue weighted by Crippen LogP contribution is -2.41. The van der Waals surface area contributed by atoms with Crippen molar-refractivity contribution in [2.24, 2.45) is 0 Å². The van der Waals surface area contributed by atoms with E-state index >= 15 is 0 Å². The molecular weight excluding hydrogens is 430 g/mol. The Bertz CT molecular complexity index is 807. The van der Waals surface area contributed by atoms with Crippen molar-refractivity contribution in [3.8, 4) is 5.75 Å². The fourth-order valence-corrected chi connectivity index (χ4v) is 4.17. The van der Waals surface area contributed by atoms with E-state index in [-0.39, 0.29) is 5.91 Å². The minimum Gasteiger partial charge on any atom is -0.492 e. The average molecular weight is 458 g/mol. The number of nitrogens with one attached hydrogen (secondary N) is 1. The van der Waals surface area contributed by atoms with Crippen molar-refractivity contribution in [3.05, 3.63) is 65.4 Å². The van der Waals surface area contributed by atoms with Gasteiger partial charge < -0.3 is 15.0 Å². The first-order valence-corrected chi connectivity index (χ1v) is 11.0. The maximum atomic E-state index is 13.2. The van der Waals surface area contributed by atoms with E-state index in [1.807, 2.05) is 41.3 Å². The highest BCUT2D eigenvalue weighted by Gasteiger charge is 2.25. The maximum Gasteiger partial charge on any atom is 0.254 e. The first kappa shape index (κ1) is 21.4. The van der Waals surface area contributed by atoms with Gasteiger partial charge in [-0.25, -0.2) is 0 Å². The third-order valence-electron chi connectivity index (χ3n) is 5.10. The highest BCUT2D eigenvalue weighted by molar-refractivity contribution is 9.10. The van der Waals surface area contributed by atoms with E-state index in [4.69, 9.17) is 4.74 Å². The number of nitrogens with zero attached hydrogens (tertiary/aromatic N) is 2. The van der Waals surface area contributed by atoms with Gasteiger partial charge in [-0.2, -0.15) is 0 Å². The standard InChI is InChI=1S/C23H28BrN3O2/c1-2-13-27(21-6-4-3-5-7-21)23(28)18-15-19(24)17-22(16-18)29-14-12-26-20-8-10-25-11-9-20/h2,8-11,15-17,21H,1,3-7,12-14H2,(H,25,26). The van der Waals surface area contributed by atoms with E-state index in [0.29, 0.717) is 37.1 Å². The summed E-state index contributed by atoms with van der Waals surface area (Å²) in [6.45, 7) is 5.56. The van der Waals surface area contributed by atoms with Crippen molar-refractivity contribution in [1.29, 1.82) is 0 Å². The zero-order valence-corrected chi connectivity index (χ0v) is 18.2. The number of carbonyl (C=O) groups is 1. The van der Waals surface area contributed by atoms with Crippen LogP contribution in [-0.4, -0.2) is 41.5 Å². The largest absolute Gasteiger partial charge is 0.492 e. The smallest absolute Gasteiger partial charge is 0.254 e. The number of hydrogen-bond donors (Lipinski definition) is 1. The second kappa shape index (κ2) is 11.0. The summed E-state index contributed by atoms with van der Waals surface area (Å²) in [5.41, 5.74) is 1.64. The molecule has 0 atom stereocenters. The van der Waals surface area contributed by atoms with Crippen LogP contribution in [0.4, 0.5) is 5.69 Å². The first-order chi connectivity index (χ1) is 14.2. The molecule has 2 aromatic rings. The van der Waals surface area contributed by atoms with Gasteiger partial charge in [0, 0.05) is 47.2 Å². The van der Waals surface area contributed by atoms with Gasteiger partial charge in [-0.05, 0) is 43.2 Å². The minimum absolute atomic E-state index is 0.0397. The predicted octanol–water partition coefficient (Wildman–Crippen LogP) is 5.30. The Morgan fingerprint density at radius 1 is 1.24 bits per heavy atom. The number of anilines is 1. The lowest BCUT2D eigenvalue weighted by Gasteiger charge is -2.34. The van der Waals surface area contributed by atoms with Crippen molar-refractivity contribution in [3.63, 3.8) is 0 Å². The summed E-state index contributed by atoms with van der Waals surface area (Å²) < 4.78 is 6.72. The molecule has 1 amide bonds. The van der Waals surface area contributed by atoms with Crippen molar-refractivity contribution in [1.82, 2.24) is 9.88 Å². The van der Waals surface area contributed by atoms with E-state index in [1.54, 1.807) is 12.4 Å². The molecule has 1 fully saturated rings. The molecule has 0 spiro atoms. The van der Waals surface area contributed by atoms with Crippen LogP contribution < -0.4 is 10.1 Å². The van der Waals surface area contributed by atoms with E-state index in [9.17, 15) is 4.79 Å². The Kier molecular flexibility index (Phi) is 8.11. The number of ether oxygens (including phenoxy) is 1. The van der Waals surface area contributed by atoms with Gasteiger partial charge in [0.2, 0.25) is 0 Å². The van der Waals surface area contributed by atoms with Gasteiger partial charge in [-0.15, -0.1) is 6.58 Å². The molecule has 1 aromatic carbocycles. The molecule has 29 heavy (non-hydrogen) atoms. The van der Waals surface area contributed by atoms with Crippen LogP contribution in [0.1, 0.15) is 42.5 Å². The fraction of sp³-hybridized carbons (Fsp3) is 0.391. The zero-order chi connectivity index (χ0) is 20.5. The molecule has 5 nitrogen and oxygen atoms in total. The second-order valence-electron chi connectivity index (χ2n) is 7.22. The Hall–Kier alpha value is -2.34. The normalized spacial score (nSPS) is 14.2. The van der Waals surface area contributed by atoms with Crippen molar-refractivity contribution < 1.29 is 9.53 Å². The summed E-state index contributed by atoms with van der Waals surface area (Å²) in [6, 6.07) is 9.70. The fourth-order valence-electron chi connectivity index (χ4n) is 3.70. The minimum atomic E-state index is 0.0397. The lowest BCUT2D eigenvalue weighted by atomic mass is 9.93. The van der Waals surface area contributed by atoms with Crippen LogP contribution in [0.5, 0.6) is 5.75 Å². The average Bonchev–Trinajstić information content (AvgIpc) is 2.75. The maximum absolute atomic E-state index is 13.2. The summed E-state index contributed by atoms with van der Waals surface area (Å²) >= 11 is 3.52. The Morgan fingerprint density at radius 2 is 2.00 bits per heavy atom. The van der Waals surface area contributed by atoms with Crippen LogP contribution in [-0.2, 0) is 0 Å². The Morgan fingerprint density at radius 3 is 2.72 bits per heavy atom. The Labute approximate surface area is 181 Å². The van der Waals surface area contributed by atoms with E-state index in [0.717, 1.165) is 23.0 Å². The van der Waals surface area contributed by atoms with E-state index < -0.39 is 0 Å². The van der Waals surface area contributed by atoms with Gasteiger partial charge >= 0.3 is 0 Å². The zero-order valence-electron chi connectivity index (χ0n) is 16.6. The van der Waals surface area contributed by atoms with Crippen LogP contribution >= 0.6 is 15.9 Å². The summed E-state index contributed by atoms with van der Waals surface area (Å²) in [6.07, 6.45) is 11.1. The predicted molar refractivity (Wildman–Crippen MR) is 120 cm³/mol. The molecule has 1 saturated carbocycles. The second-order valence-corrected chi connectivity index (χ2v) is 8.14. The quantitative estimate of drug-likeness (QED) is 0.410. The van der Waals surface area contributed by atoms with Crippen LogP contribution in [0.2, 0.25) is 0 Å². The molecule has 0 saturated heterocycles. The van der Waals surface area contributed by atoms with Gasteiger partial charge in [0.05, 0.1) is 0 Å². The summed E-state index contributed by atoms with van der Waals surface area (Å²) in [7, 11) is 0. The number of halogens is 1. The van der Waals surface area contributed by atoms with Crippen LogP contribution in [0.15, 0.2) is 59.9 Å². The van der Waals surface area contributed by atoms with Crippen molar-refractivity contribution >= 4 is 27.5 Å². The van der Waals surface area contributed by atoms with Gasteiger partial charge in [0.15, 0.2) is 0 Å². The van der Waals surface area contributed by atoms with Crippen molar-refractivity contribution in [2.75, 3.05) is 25.0 Å². The topological polar surface area (TPSA) is 54.5 Å². The number of rotatable bonds is 9. The molecule has 0 aliphatic heterocycles. The highest BCUT2D eigenvalue weighted by Crippen LogP contribution is 2.27. The molecule has 1 heterocycles. The molecule has 1 aliphatic rings. The van der Waals surface area contributed by atoms with E-state index in [2.05, 4.69) is 32.8 Å². The summed E-state index contributed by atoms with van der Waals surface area (Å²) in [4.78, 5) is 19.2. The monoisotopic (exact) mass is 457 g/mol. The highest BCUT2D eigenvalue weighted by atomic mass is 79.9. The van der Waals surface area contributed by atoms with Gasteiger partial charge in [0.25, 0.3) is 5.91 Å². The lowest BCUT2D eigenvalue weighted by molar-refractivity contribution is 0.0662. The molecule has 0 unspecified atom stereocenters. The van der Waals surface area contributed by atoms with Crippen LogP contribution in [0.3, 0.4) is 0 Å². The molecular formula is C23H28BrN3O2. The molecule has 1 N–H and O–H groups in total.